The summed E-state index contributed by atoms with van der Waals surface area (Å²) in [7, 11) is 0. The van der Waals surface area contributed by atoms with E-state index in [1.54, 1.807) is 18.2 Å². The van der Waals surface area contributed by atoms with E-state index in [9.17, 15) is 4.79 Å². The van der Waals surface area contributed by atoms with Gasteiger partial charge in [0.25, 0.3) is 11.9 Å². The van der Waals surface area contributed by atoms with E-state index < -0.39 is 0 Å². The van der Waals surface area contributed by atoms with E-state index >= 15 is 0 Å². The van der Waals surface area contributed by atoms with Gasteiger partial charge in [-0.3, -0.25) is 10.1 Å². The van der Waals surface area contributed by atoms with Gasteiger partial charge in [0.2, 0.25) is 0 Å². The van der Waals surface area contributed by atoms with Gasteiger partial charge in [-0.2, -0.15) is 4.80 Å². The number of hydrogen-bond donors (Lipinski definition) is 1. The van der Waals surface area contributed by atoms with Gasteiger partial charge in [-0.25, -0.2) is 0 Å². The molecule has 0 aliphatic heterocycles. The topological polar surface area (TPSA) is 81.9 Å². The first-order chi connectivity index (χ1) is 10.1. The maximum absolute atomic E-state index is 12.1. The van der Waals surface area contributed by atoms with E-state index in [0.717, 1.165) is 0 Å². The molecule has 0 aliphatic rings. The van der Waals surface area contributed by atoms with Crippen LogP contribution in [0.1, 0.15) is 17.3 Å². The van der Waals surface area contributed by atoms with E-state index in [-0.39, 0.29) is 11.9 Å². The lowest BCUT2D eigenvalue weighted by Crippen LogP contribution is -2.13. The van der Waals surface area contributed by atoms with Crippen LogP contribution < -0.4 is 10.1 Å². The van der Waals surface area contributed by atoms with Gasteiger partial charge in [0.15, 0.2) is 0 Å². The number of rotatable bonds is 6. The summed E-state index contributed by atoms with van der Waals surface area (Å²) in [5, 5.41) is 14.3. The van der Waals surface area contributed by atoms with Crippen molar-refractivity contribution in [2.75, 3.05) is 11.9 Å². The smallest absolute Gasteiger partial charge is 0.270 e. The predicted molar refractivity (Wildman–Crippen MR) is 78.6 cm³/mol. The zero-order valence-electron chi connectivity index (χ0n) is 11.4. The van der Waals surface area contributed by atoms with Crippen LogP contribution in [0.2, 0.25) is 5.02 Å². The summed E-state index contributed by atoms with van der Waals surface area (Å²) in [6.45, 7) is 6.34. The van der Waals surface area contributed by atoms with Crippen LogP contribution in [0.15, 0.2) is 30.9 Å². The van der Waals surface area contributed by atoms with Crippen LogP contribution in [0.3, 0.4) is 0 Å². The number of nitrogens with one attached hydrogen (secondary N) is 1. The first-order valence-corrected chi connectivity index (χ1v) is 6.64. The molecular formula is C13H14ClN5O2. The number of benzene rings is 1. The molecule has 0 radical (unpaired) electrons. The number of carbonyl (C=O) groups is 1. The minimum atomic E-state index is -0.377. The van der Waals surface area contributed by atoms with E-state index in [1.807, 2.05) is 6.92 Å². The molecular weight excluding hydrogens is 294 g/mol. The molecule has 1 aromatic heterocycles. The third-order valence-electron chi connectivity index (χ3n) is 2.46. The number of ether oxygens (including phenoxy) is 1. The van der Waals surface area contributed by atoms with Crippen molar-refractivity contribution in [2.45, 2.75) is 13.5 Å². The molecule has 110 valence electrons. The Morgan fingerprint density at radius 3 is 3.05 bits per heavy atom. The van der Waals surface area contributed by atoms with Crippen LogP contribution in [0.4, 0.5) is 5.95 Å². The van der Waals surface area contributed by atoms with Crippen molar-refractivity contribution < 1.29 is 9.53 Å². The van der Waals surface area contributed by atoms with Crippen LogP contribution >= 0.6 is 11.6 Å². The van der Waals surface area contributed by atoms with E-state index in [2.05, 4.69) is 27.3 Å². The number of allylic oxidation sites excluding steroid dienone is 1. The van der Waals surface area contributed by atoms with Crippen molar-refractivity contribution in [2.24, 2.45) is 0 Å². The van der Waals surface area contributed by atoms with Gasteiger partial charge in [0, 0.05) is 5.56 Å². The van der Waals surface area contributed by atoms with Gasteiger partial charge in [-0.1, -0.05) is 22.8 Å². The summed E-state index contributed by atoms with van der Waals surface area (Å²) in [5.74, 6) is 0.274. The monoisotopic (exact) mass is 307 g/mol. The molecule has 2 aromatic rings. The average molecular weight is 308 g/mol. The van der Waals surface area contributed by atoms with Gasteiger partial charge in [-0.05, 0) is 30.3 Å². The van der Waals surface area contributed by atoms with Crippen LogP contribution in [0.5, 0.6) is 5.75 Å². The summed E-state index contributed by atoms with van der Waals surface area (Å²) in [4.78, 5) is 13.4. The van der Waals surface area contributed by atoms with Gasteiger partial charge < -0.3 is 4.74 Å². The molecule has 0 aliphatic carbocycles. The van der Waals surface area contributed by atoms with Gasteiger partial charge >= 0.3 is 0 Å². The minimum absolute atomic E-state index is 0.117. The quantitative estimate of drug-likeness (QED) is 0.827. The standard InChI is InChI=1S/C13H14ClN5O2/c1-3-7-19-17-13(16-18-19)15-12(20)9-5-6-11(21-4-2)10(14)8-9/h3,5-6,8H,1,4,7H2,2H3,(H,15,17,20). The molecule has 0 unspecified atom stereocenters. The number of hydrogen-bond acceptors (Lipinski definition) is 5. The number of aromatic nitrogens is 4. The van der Waals surface area contributed by atoms with Crippen molar-refractivity contribution >= 4 is 23.5 Å². The van der Waals surface area contributed by atoms with Crippen molar-refractivity contribution in [1.29, 1.82) is 0 Å². The Morgan fingerprint density at radius 1 is 1.57 bits per heavy atom. The molecule has 0 bridgehead atoms. The van der Waals surface area contributed by atoms with Gasteiger partial charge in [0.05, 0.1) is 18.2 Å². The predicted octanol–water partition coefficient (Wildman–Crippen LogP) is 2.16. The number of tetrazole rings is 1. The van der Waals surface area contributed by atoms with E-state index in [0.29, 0.717) is 29.5 Å². The molecule has 8 heteroatoms. The summed E-state index contributed by atoms with van der Waals surface area (Å²) < 4.78 is 5.31. The highest BCUT2D eigenvalue weighted by atomic mass is 35.5. The number of halogens is 1. The summed E-state index contributed by atoms with van der Waals surface area (Å²) in [6.07, 6.45) is 1.62. The maximum atomic E-state index is 12.1. The molecule has 0 saturated heterocycles. The lowest BCUT2D eigenvalue weighted by Gasteiger charge is -2.07. The molecule has 0 spiro atoms. The minimum Gasteiger partial charge on any atom is -0.492 e. The number of nitrogens with zero attached hydrogens (tertiary/aromatic N) is 4. The second-order valence-electron chi connectivity index (χ2n) is 3.99. The Bertz CT molecular complexity index is 656. The first-order valence-electron chi connectivity index (χ1n) is 6.26. The Labute approximate surface area is 126 Å². The SMILES string of the molecule is C=CCn1nnc(NC(=O)c2ccc(OCC)c(Cl)c2)n1. The van der Waals surface area contributed by atoms with E-state index in [4.69, 9.17) is 16.3 Å². The second kappa shape index (κ2) is 6.85. The van der Waals surface area contributed by atoms with E-state index in [1.165, 1.54) is 10.9 Å². The fourth-order valence-corrected chi connectivity index (χ4v) is 1.81. The van der Waals surface area contributed by atoms with Gasteiger partial charge in [0.1, 0.15) is 5.75 Å². The largest absolute Gasteiger partial charge is 0.492 e. The number of anilines is 1. The molecule has 1 aromatic carbocycles. The third kappa shape index (κ3) is 3.79. The highest BCUT2D eigenvalue weighted by Crippen LogP contribution is 2.25. The molecule has 1 amide bonds. The lowest BCUT2D eigenvalue weighted by molar-refractivity contribution is 0.102. The highest BCUT2D eigenvalue weighted by Gasteiger charge is 2.12. The van der Waals surface area contributed by atoms with Crippen LogP contribution in [0.25, 0.3) is 0 Å². The zero-order valence-corrected chi connectivity index (χ0v) is 12.2. The Kier molecular flexibility index (Phi) is 4.89. The molecule has 7 nitrogen and oxygen atoms in total. The van der Waals surface area contributed by atoms with Crippen LogP contribution in [0, 0.1) is 0 Å². The fourth-order valence-electron chi connectivity index (χ4n) is 1.57. The molecule has 21 heavy (non-hydrogen) atoms. The Morgan fingerprint density at radius 2 is 2.38 bits per heavy atom. The number of carbonyl (C=O) groups excluding carboxylic acids is 1. The normalized spacial score (nSPS) is 10.2. The second-order valence-corrected chi connectivity index (χ2v) is 4.40. The summed E-state index contributed by atoms with van der Waals surface area (Å²) in [5.41, 5.74) is 0.378. The van der Waals surface area contributed by atoms with Crippen molar-refractivity contribution in [3.63, 3.8) is 0 Å². The van der Waals surface area contributed by atoms with Crippen molar-refractivity contribution in [3.05, 3.63) is 41.4 Å². The summed E-state index contributed by atoms with van der Waals surface area (Å²) >= 11 is 6.04. The average Bonchev–Trinajstić information content (AvgIpc) is 2.89. The molecule has 1 heterocycles. The molecule has 0 saturated carbocycles. The van der Waals surface area contributed by atoms with Crippen LogP contribution in [-0.4, -0.2) is 32.7 Å². The highest BCUT2D eigenvalue weighted by molar-refractivity contribution is 6.32. The lowest BCUT2D eigenvalue weighted by atomic mass is 10.2. The Balaban J connectivity index is 2.08. The van der Waals surface area contributed by atoms with Gasteiger partial charge in [-0.15, -0.1) is 11.7 Å². The molecule has 0 atom stereocenters. The van der Waals surface area contributed by atoms with Crippen molar-refractivity contribution in [3.8, 4) is 5.75 Å². The van der Waals surface area contributed by atoms with Crippen LogP contribution in [-0.2, 0) is 6.54 Å². The number of amides is 1. The summed E-state index contributed by atoms with van der Waals surface area (Å²) in [6, 6.07) is 4.78. The molecule has 0 fully saturated rings. The molecule has 2 rings (SSSR count). The van der Waals surface area contributed by atoms with Crippen molar-refractivity contribution in [1.82, 2.24) is 20.2 Å². The molecule has 1 N–H and O–H groups in total. The Hall–Kier alpha value is -2.41. The fraction of sp³-hybridized carbons (Fsp3) is 0.231. The third-order valence-corrected chi connectivity index (χ3v) is 2.76. The maximum Gasteiger partial charge on any atom is 0.270 e. The zero-order chi connectivity index (χ0) is 15.2. The first kappa shape index (κ1) is 15.0.